The van der Waals surface area contributed by atoms with Crippen molar-refractivity contribution in [2.45, 2.75) is 13.5 Å². The molecule has 0 saturated heterocycles. The molecule has 0 unspecified atom stereocenters. The Morgan fingerprint density at radius 1 is 1.32 bits per heavy atom. The Morgan fingerprint density at radius 2 is 2.21 bits per heavy atom. The first-order valence-electron chi connectivity index (χ1n) is 6.24. The van der Waals surface area contributed by atoms with E-state index in [0.717, 1.165) is 24.4 Å². The number of ether oxygens (including phenoxy) is 1. The van der Waals surface area contributed by atoms with Crippen molar-refractivity contribution in [3.63, 3.8) is 0 Å². The van der Waals surface area contributed by atoms with Crippen molar-refractivity contribution in [1.29, 1.82) is 0 Å². The molecule has 1 aromatic carbocycles. The van der Waals surface area contributed by atoms with E-state index in [1.54, 1.807) is 12.4 Å². The van der Waals surface area contributed by atoms with Crippen molar-refractivity contribution < 1.29 is 4.74 Å². The second kappa shape index (κ2) is 7.12. The number of rotatable bonds is 6. The fourth-order valence-corrected chi connectivity index (χ4v) is 1.90. The zero-order valence-corrected chi connectivity index (χ0v) is 11.7. The molecule has 0 aliphatic heterocycles. The van der Waals surface area contributed by atoms with Gasteiger partial charge in [0.25, 0.3) is 0 Å². The maximum Gasteiger partial charge on any atom is 0.119 e. The average Bonchev–Trinajstić information content (AvgIpc) is 2.40. The summed E-state index contributed by atoms with van der Waals surface area (Å²) < 4.78 is 5.65. The smallest absolute Gasteiger partial charge is 0.119 e. The molecular weight excluding hydrogens is 260 g/mol. The summed E-state index contributed by atoms with van der Waals surface area (Å²) in [7, 11) is 0. The van der Waals surface area contributed by atoms with Gasteiger partial charge in [0.1, 0.15) is 12.4 Å². The van der Waals surface area contributed by atoms with Gasteiger partial charge in [-0.25, -0.2) is 0 Å². The van der Waals surface area contributed by atoms with Gasteiger partial charge in [-0.2, -0.15) is 0 Å². The molecule has 0 aliphatic carbocycles. The Bertz CT molecular complexity index is 531. The highest BCUT2D eigenvalue weighted by Crippen LogP contribution is 2.13. The van der Waals surface area contributed by atoms with Crippen molar-refractivity contribution in [1.82, 2.24) is 10.3 Å². The zero-order valence-electron chi connectivity index (χ0n) is 10.9. The lowest BCUT2D eigenvalue weighted by atomic mass is 10.2. The first-order valence-corrected chi connectivity index (χ1v) is 6.62. The van der Waals surface area contributed by atoms with Crippen LogP contribution in [-0.4, -0.2) is 18.1 Å². The van der Waals surface area contributed by atoms with Gasteiger partial charge in [-0.1, -0.05) is 23.7 Å². The second-order valence-corrected chi connectivity index (χ2v) is 4.72. The minimum absolute atomic E-state index is 0.631. The monoisotopic (exact) mass is 276 g/mol. The molecule has 100 valence electrons. The highest BCUT2D eigenvalue weighted by Gasteiger charge is 1.99. The van der Waals surface area contributed by atoms with Crippen molar-refractivity contribution in [2.75, 3.05) is 13.2 Å². The molecule has 0 saturated carbocycles. The third-order valence-corrected chi connectivity index (χ3v) is 3.05. The van der Waals surface area contributed by atoms with Crippen LogP contribution in [0.2, 0.25) is 5.02 Å². The first-order chi connectivity index (χ1) is 9.25. The largest absolute Gasteiger partial charge is 0.492 e. The van der Waals surface area contributed by atoms with Gasteiger partial charge in [0, 0.05) is 25.5 Å². The van der Waals surface area contributed by atoms with Crippen molar-refractivity contribution in [3.05, 3.63) is 58.9 Å². The van der Waals surface area contributed by atoms with Gasteiger partial charge in [0.05, 0.1) is 5.02 Å². The number of halogens is 1. The van der Waals surface area contributed by atoms with Gasteiger partial charge in [0.2, 0.25) is 0 Å². The molecule has 4 heteroatoms. The summed E-state index contributed by atoms with van der Waals surface area (Å²) in [4.78, 5) is 3.95. The number of hydrogen-bond acceptors (Lipinski definition) is 3. The summed E-state index contributed by atoms with van der Waals surface area (Å²) in [5.74, 6) is 0.906. The van der Waals surface area contributed by atoms with Gasteiger partial charge in [0.15, 0.2) is 0 Å². The van der Waals surface area contributed by atoms with Crippen LogP contribution in [0.25, 0.3) is 0 Å². The van der Waals surface area contributed by atoms with Gasteiger partial charge in [-0.3, -0.25) is 4.98 Å². The molecule has 1 aromatic heterocycles. The van der Waals surface area contributed by atoms with E-state index >= 15 is 0 Å². The Kier molecular flexibility index (Phi) is 5.19. The molecule has 19 heavy (non-hydrogen) atoms. The Morgan fingerprint density at radius 3 is 3.00 bits per heavy atom. The third-order valence-electron chi connectivity index (χ3n) is 2.71. The predicted molar refractivity (Wildman–Crippen MR) is 77.6 cm³/mol. The number of aryl methyl sites for hydroxylation is 1. The third kappa shape index (κ3) is 4.54. The van der Waals surface area contributed by atoms with Gasteiger partial charge >= 0.3 is 0 Å². The van der Waals surface area contributed by atoms with Crippen LogP contribution in [-0.2, 0) is 6.54 Å². The highest BCUT2D eigenvalue weighted by molar-refractivity contribution is 6.31. The van der Waals surface area contributed by atoms with E-state index in [1.165, 1.54) is 5.56 Å². The van der Waals surface area contributed by atoms with E-state index < -0.39 is 0 Å². The quantitative estimate of drug-likeness (QED) is 0.823. The van der Waals surface area contributed by atoms with E-state index in [9.17, 15) is 0 Å². The SMILES string of the molecule is Cc1cccc(OCCNCc2ccncc2Cl)c1. The average molecular weight is 277 g/mol. The second-order valence-electron chi connectivity index (χ2n) is 4.31. The van der Waals surface area contributed by atoms with Crippen molar-refractivity contribution in [3.8, 4) is 5.75 Å². The Hall–Kier alpha value is -1.58. The Labute approximate surface area is 118 Å². The molecule has 2 aromatic rings. The van der Waals surface area contributed by atoms with E-state index in [1.807, 2.05) is 24.3 Å². The lowest BCUT2D eigenvalue weighted by Crippen LogP contribution is -2.20. The Balaban J connectivity index is 1.69. The van der Waals surface area contributed by atoms with E-state index in [-0.39, 0.29) is 0 Å². The van der Waals surface area contributed by atoms with E-state index in [0.29, 0.717) is 11.6 Å². The van der Waals surface area contributed by atoms with Crippen LogP contribution in [0.4, 0.5) is 0 Å². The number of hydrogen-bond donors (Lipinski definition) is 1. The van der Waals surface area contributed by atoms with Crippen LogP contribution in [0.1, 0.15) is 11.1 Å². The fraction of sp³-hybridized carbons (Fsp3) is 0.267. The van der Waals surface area contributed by atoms with Crippen LogP contribution < -0.4 is 10.1 Å². The lowest BCUT2D eigenvalue weighted by Gasteiger charge is -2.08. The summed E-state index contributed by atoms with van der Waals surface area (Å²) in [6.07, 6.45) is 3.40. The van der Waals surface area contributed by atoms with Crippen LogP contribution in [0.15, 0.2) is 42.7 Å². The molecular formula is C15H17ClN2O. The minimum atomic E-state index is 0.631. The van der Waals surface area contributed by atoms with Crippen LogP contribution in [0, 0.1) is 6.92 Å². The number of nitrogens with one attached hydrogen (secondary N) is 1. The molecule has 0 fully saturated rings. The predicted octanol–water partition coefficient (Wildman–Crippen LogP) is 3.21. The molecule has 0 amide bonds. The van der Waals surface area contributed by atoms with Gasteiger partial charge in [-0.05, 0) is 36.2 Å². The molecule has 1 heterocycles. The molecule has 3 nitrogen and oxygen atoms in total. The molecule has 0 bridgehead atoms. The molecule has 1 N–H and O–H groups in total. The summed E-state index contributed by atoms with van der Waals surface area (Å²) in [6, 6.07) is 9.95. The lowest BCUT2D eigenvalue weighted by molar-refractivity contribution is 0.313. The van der Waals surface area contributed by atoms with E-state index in [4.69, 9.17) is 16.3 Å². The maximum atomic E-state index is 6.02. The maximum absolute atomic E-state index is 6.02. The number of benzene rings is 1. The molecule has 0 spiro atoms. The van der Waals surface area contributed by atoms with Crippen molar-refractivity contribution in [2.24, 2.45) is 0 Å². The van der Waals surface area contributed by atoms with Crippen molar-refractivity contribution >= 4 is 11.6 Å². The van der Waals surface area contributed by atoms with Crippen LogP contribution in [0.5, 0.6) is 5.75 Å². The standard InChI is InChI=1S/C15H17ClN2O/c1-12-3-2-4-14(9-12)19-8-7-18-10-13-5-6-17-11-15(13)16/h2-6,9,11,18H,7-8,10H2,1H3. The number of nitrogens with zero attached hydrogens (tertiary/aromatic N) is 1. The molecule has 2 rings (SSSR count). The zero-order chi connectivity index (χ0) is 13.5. The first kappa shape index (κ1) is 13.8. The summed E-state index contributed by atoms with van der Waals surface area (Å²) in [5.41, 5.74) is 2.25. The van der Waals surface area contributed by atoms with Gasteiger partial charge < -0.3 is 10.1 Å². The van der Waals surface area contributed by atoms with Crippen LogP contribution >= 0.6 is 11.6 Å². The normalized spacial score (nSPS) is 10.4. The number of pyridine rings is 1. The van der Waals surface area contributed by atoms with Crippen LogP contribution in [0.3, 0.4) is 0 Å². The van der Waals surface area contributed by atoms with E-state index in [2.05, 4.69) is 23.3 Å². The highest BCUT2D eigenvalue weighted by atomic mass is 35.5. The summed E-state index contributed by atoms with van der Waals surface area (Å²) >= 11 is 6.02. The molecule has 0 atom stereocenters. The summed E-state index contributed by atoms with van der Waals surface area (Å²) in [5, 5.41) is 3.98. The molecule has 0 aliphatic rings. The topological polar surface area (TPSA) is 34.1 Å². The summed E-state index contributed by atoms with van der Waals surface area (Å²) in [6.45, 7) is 4.17. The number of aromatic nitrogens is 1. The molecule has 0 radical (unpaired) electrons. The minimum Gasteiger partial charge on any atom is -0.492 e. The fourth-order valence-electron chi connectivity index (χ4n) is 1.72. The van der Waals surface area contributed by atoms with Gasteiger partial charge in [-0.15, -0.1) is 0 Å².